The molecule has 1 saturated heterocycles. The number of carbonyl (C=O) groups is 1. The average molecular weight is 269 g/mol. The molecule has 1 aliphatic heterocycles. The van der Waals surface area contributed by atoms with Gasteiger partial charge in [0.05, 0.1) is 5.69 Å². The number of benzene rings is 2. The fourth-order valence-corrected chi connectivity index (χ4v) is 2.66. The molecule has 1 atom stereocenters. The lowest BCUT2D eigenvalue weighted by molar-refractivity contribution is 0.177. The van der Waals surface area contributed by atoms with Crippen LogP contribution in [0.1, 0.15) is 6.92 Å². The zero-order valence-corrected chi connectivity index (χ0v) is 11.6. The summed E-state index contributed by atoms with van der Waals surface area (Å²) in [6, 6.07) is 14.3. The molecule has 0 aliphatic carbocycles. The molecule has 2 aromatic rings. The summed E-state index contributed by atoms with van der Waals surface area (Å²) in [6.45, 7) is 4.52. The van der Waals surface area contributed by atoms with Gasteiger partial charge in [0.25, 0.3) is 0 Å². The Kier molecular flexibility index (Phi) is 3.56. The second-order valence-electron chi connectivity index (χ2n) is 5.20. The Hall–Kier alpha value is -2.07. The fraction of sp³-hybridized carbons (Fsp3) is 0.312. The molecule has 20 heavy (non-hydrogen) atoms. The van der Waals surface area contributed by atoms with Crippen LogP contribution in [0, 0.1) is 0 Å². The summed E-state index contributed by atoms with van der Waals surface area (Å²) >= 11 is 0. The van der Waals surface area contributed by atoms with Crippen molar-refractivity contribution < 1.29 is 4.79 Å². The standard InChI is InChI=1S/C16H19N3O/c1-12-11-17-9-10-19(12)16(20)18-15-8-4-6-13-5-2-3-7-14(13)15/h2-8,12,17H,9-11H2,1H3,(H,18,20). The molecule has 2 amide bonds. The molecule has 1 fully saturated rings. The van der Waals surface area contributed by atoms with Crippen molar-refractivity contribution in [1.29, 1.82) is 0 Å². The number of urea groups is 1. The second-order valence-corrected chi connectivity index (χ2v) is 5.20. The third-order valence-electron chi connectivity index (χ3n) is 3.79. The van der Waals surface area contributed by atoms with E-state index in [2.05, 4.69) is 29.7 Å². The molecule has 0 saturated carbocycles. The number of amides is 2. The van der Waals surface area contributed by atoms with Crippen molar-refractivity contribution in [3.8, 4) is 0 Å². The molecule has 3 rings (SSSR count). The van der Waals surface area contributed by atoms with E-state index in [4.69, 9.17) is 0 Å². The van der Waals surface area contributed by atoms with Crippen LogP contribution < -0.4 is 10.6 Å². The molecule has 0 radical (unpaired) electrons. The van der Waals surface area contributed by atoms with E-state index in [1.165, 1.54) is 0 Å². The molecule has 2 aromatic carbocycles. The number of nitrogens with one attached hydrogen (secondary N) is 2. The summed E-state index contributed by atoms with van der Waals surface area (Å²) < 4.78 is 0. The van der Waals surface area contributed by atoms with E-state index in [0.29, 0.717) is 0 Å². The van der Waals surface area contributed by atoms with Gasteiger partial charge in [-0.25, -0.2) is 4.79 Å². The van der Waals surface area contributed by atoms with Crippen molar-refractivity contribution in [2.45, 2.75) is 13.0 Å². The van der Waals surface area contributed by atoms with Crippen molar-refractivity contribution in [3.63, 3.8) is 0 Å². The highest BCUT2D eigenvalue weighted by Gasteiger charge is 2.23. The summed E-state index contributed by atoms with van der Waals surface area (Å²) in [5.74, 6) is 0. The molecule has 4 heteroatoms. The Morgan fingerprint density at radius 1 is 1.25 bits per heavy atom. The predicted octanol–water partition coefficient (Wildman–Crippen LogP) is 2.67. The van der Waals surface area contributed by atoms with Crippen molar-refractivity contribution >= 4 is 22.5 Å². The minimum Gasteiger partial charge on any atom is -0.319 e. The maximum atomic E-state index is 12.4. The number of hydrogen-bond donors (Lipinski definition) is 2. The van der Waals surface area contributed by atoms with E-state index >= 15 is 0 Å². The molecule has 0 bridgehead atoms. The van der Waals surface area contributed by atoms with Crippen LogP contribution in [0.2, 0.25) is 0 Å². The summed E-state index contributed by atoms with van der Waals surface area (Å²) in [4.78, 5) is 14.3. The Labute approximate surface area is 118 Å². The molecule has 4 nitrogen and oxygen atoms in total. The maximum absolute atomic E-state index is 12.4. The first kappa shape index (κ1) is 12.9. The van der Waals surface area contributed by atoms with Crippen LogP contribution in [-0.2, 0) is 0 Å². The highest BCUT2D eigenvalue weighted by atomic mass is 16.2. The van der Waals surface area contributed by atoms with E-state index < -0.39 is 0 Å². The van der Waals surface area contributed by atoms with Crippen LogP contribution in [0.3, 0.4) is 0 Å². The highest BCUT2D eigenvalue weighted by Crippen LogP contribution is 2.23. The fourth-order valence-electron chi connectivity index (χ4n) is 2.66. The molecule has 104 valence electrons. The minimum atomic E-state index is -0.0182. The van der Waals surface area contributed by atoms with E-state index in [1.54, 1.807) is 0 Å². The van der Waals surface area contributed by atoms with E-state index in [0.717, 1.165) is 36.1 Å². The van der Waals surface area contributed by atoms with Crippen LogP contribution >= 0.6 is 0 Å². The second kappa shape index (κ2) is 5.51. The summed E-state index contributed by atoms with van der Waals surface area (Å²) in [6.07, 6.45) is 0. The van der Waals surface area contributed by atoms with Crippen LogP contribution in [0.4, 0.5) is 10.5 Å². The topological polar surface area (TPSA) is 44.4 Å². The van der Waals surface area contributed by atoms with Crippen LogP contribution in [0.5, 0.6) is 0 Å². The first-order valence-electron chi connectivity index (χ1n) is 7.02. The number of anilines is 1. The number of nitrogens with zero attached hydrogens (tertiary/aromatic N) is 1. The largest absolute Gasteiger partial charge is 0.322 e. The van der Waals surface area contributed by atoms with Gasteiger partial charge in [0.2, 0.25) is 0 Å². The lowest BCUT2D eigenvalue weighted by Gasteiger charge is -2.34. The number of rotatable bonds is 1. The molecule has 2 N–H and O–H groups in total. The quantitative estimate of drug-likeness (QED) is 0.836. The van der Waals surface area contributed by atoms with Gasteiger partial charge in [-0.2, -0.15) is 0 Å². The summed E-state index contributed by atoms with van der Waals surface area (Å²) in [7, 11) is 0. The van der Waals surface area contributed by atoms with Crippen molar-refractivity contribution in [3.05, 3.63) is 42.5 Å². The first-order valence-corrected chi connectivity index (χ1v) is 7.02. The SMILES string of the molecule is CC1CNCCN1C(=O)Nc1cccc2ccccc12. The van der Waals surface area contributed by atoms with Gasteiger partial charge in [-0.05, 0) is 18.4 Å². The number of hydrogen-bond acceptors (Lipinski definition) is 2. The minimum absolute atomic E-state index is 0.0182. The van der Waals surface area contributed by atoms with E-state index in [1.807, 2.05) is 35.2 Å². The van der Waals surface area contributed by atoms with E-state index in [9.17, 15) is 4.79 Å². The molecule has 1 aliphatic rings. The first-order chi connectivity index (χ1) is 9.75. The molecule has 1 unspecified atom stereocenters. The Bertz CT molecular complexity index is 621. The zero-order valence-electron chi connectivity index (χ0n) is 11.6. The summed E-state index contributed by atoms with van der Waals surface area (Å²) in [5, 5.41) is 8.55. The maximum Gasteiger partial charge on any atom is 0.322 e. The van der Waals surface area contributed by atoms with Crippen LogP contribution in [-0.4, -0.2) is 36.6 Å². The van der Waals surface area contributed by atoms with E-state index in [-0.39, 0.29) is 12.1 Å². The predicted molar refractivity (Wildman–Crippen MR) is 82.0 cm³/mol. The Morgan fingerprint density at radius 3 is 2.90 bits per heavy atom. The van der Waals surface area contributed by atoms with Crippen LogP contribution in [0.25, 0.3) is 10.8 Å². The Balaban J connectivity index is 1.84. The molecule has 1 heterocycles. The third-order valence-corrected chi connectivity index (χ3v) is 3.79. The number of fused-ring (bicyclic) bond motifs is 1. The highest BCUT2D eigenvalue weighted by molar-refractivity contribution is 6.01. The summed E-state index contributed by atoms with van der Waals surface area (Å²) in [5.41, 5.74) is 0.874. The van der Waals surface area contributed by atoms with Gasteiger partial charge >= 0.3 is 6.03 Å². The lowest BCUT2D eigenvalue weighted by Crippen LogP contribution is -2.53. The van der Waals surface area contributed by atoms with Crippen molar-refractivity contribution in [2.24, 2.45) is 0 Å². The van der Waals surface area contributed by atoms with Gasteiger partial charge in [0.15, 0.2) is 0 Å². The number of piperazine rings is 1. The monoisotopic (exact) mass is 269 g/mol. The zero-order chi connectivity index (χ0) is 13.9. The lowest BCUT2D eigenvalue weighted by atomic mass is 10.1. The van der Waals surface area contributed by atoms with Gasteiger partial charge in [-0.1, -0.05) is 36.4 Å². The van der Waals surface area contributed by atoms with Gasteiger partial charge in [-0.3, -0.25) is 0 Å². The smallest absolute Gasteiger partial charge is 0.319 e. The molecule has 0 spiro atoms. The van der Waals surface area contributed by atoms with Gasteiger partial charge < -0.3 is 15.5 Å². The van der Waals surface area contributed by atoms with Gasteiger partial charge in [0, 0.05) is 31.1 Å². The molecule has 0 aromatic heterocycles. The van der Waals surface area contributed by atoms with Crippen molar-refractivity contribution in [2.75, 3.05) is 25.0 Å². The van der Waals surface area contributed by atoms with Crippen molar-refractivity contribution in [1.82, 2.24) is 10.2 Å². The number of carbonyl (C=O) groups excluding carboxylic acids is 1. The molecular formula is C16H19N3O. The third kappa shape index (κ3) is 2.47. The van der Waals surface area contributed by atoms with Gasteiger partial charge in [0.1, 0.15) is 0 Å². The molecular weight excluding hydrogens is 250 g/mol. The van der Waals surface area contributed by atoms with Gasteiger partial charge in [-0.15, -0.1) is 0 Å². The Morgan fingerprint density at radius 2 is 2.05 bits per heavy atom. The van der Waals surface area contributed by atoms with Crippen LogP contribution in [0.15, 0.2) is 42.5 Å². The normalized spacial score (nSPS) is 19.1. The average Bonchev–Trinajstić information content (AvgIpc) is 2.48.